The maximum atomic E-state index is 11.4. The lowest BCUT2D eigenvalue weighted by Gasteiger charge is -2.45. The van der Waals surface area contributed by atoms with Crippen molar-refractivity contribution in [1.82, 2.24) is 10.2 Å². The lowest BCUT2D eigenvalue weighted by atomic mass is 9.85. The summed E-state index contributed by atoms with van der Waals surface area (Å²) in [5, 5.41) is 11.9. The first-order chi connectivity index (χ1) is 9.22. The van der Waals surface area contributed by atoms with E-state index in [0.29, 0.717) is 12.0 Å². The Hall–Kier alpha value is -0.810. The number of methoxy groups -OCH3 is 1. The van der Waals surface area contributed by atoms with Gasteiger partial charge in [-0.2, -0.15) is 0 Å². The summed E-state index contributed by atoms with van der Waals surface area (Å²) in [6.45, 7) is 2.31. The van der Waals surface area contributed by atoms with Gasteiger partial charge in [0, 0.05) is 31.8 Å². The lowest BCUT2D eigenvalue weighted by Crippen LogP contribution is -2.55. The van der Waals surface area contributed by atoms with Gasteiger partial charge in [0.2, 0.25) is 0 Å². The number of carbonyl (C=O) groups is 1. The second-order valence-electron chi connectivity index (χ2n) is 5.84. The second-order valence-corrected chi connectivity index (χ2v) is 5.84. The first kappa shape index (κ1) is 14.6. The predicted octanol–water partition coefficient (Wildman–Crippen LogP) is 1.36. The highest BCUT2D eigenvalue weighted by molar-refractivity contribution is 5.67. The fraction of sp³-hybridized carbons (Fsp3) is 0.929. The molecule has 0 radical (unpaired) electrons. The van der Waals surface area contributed by atoms with Crippen LogP contribution < -0.4 is 5.32 Å². The monoisotopic (exact) mass is 270 g/mol. The van der Waals surface area contributed by atoms with Crippen molar-refractivity contribution in [1.29, 1.82) is 0 Å². The highest BCUT2D eigenvalue weighted by atomic mass is 16.5. The minimum Gasteiger partial charge on any atom is -0.453 e. The zero-order valence-corrected chi connectivity index (χ0v) is 11.8. The Bertz CT molecular complexity index is 294. The summed E-state index contributed by atoms with van der Waals surface area (Å²) >= 11 is 0. The van der Waals surface area contributed by atoms with E-state index in [4.69, 9.17) is 9.84 Å². The summed E-state index contributed by atoms with van der Waals surface area (Å²) in [7, 11) is 1.41. The predicted molar refractivity (Wildman–Crippen MR) is 73.0 cm³/mol. The number of piperidine rings is 1. The van der Waals surface area contributed by atoms with Crippen LogP contribution in [0.1, 0.15) is 38.5 Å². The SMILES string of the molecule is COC(=O)NC1CC(CCCO)CN(C2CCC2)C1. The number of alkyl carbamates (subject to hydrolysis) is 1. The average Bonchev–Trinajstić information content (AvgIpc) is 2.34. The summed E-state index contributed by atoms with van der Waals surface area (Å²) < 4.78 is 4.70. The van der Waals surface area contributed by atoms with Gasteiger partial charge < -0.3 is 15.2 Å². The molecule has 0 spiro atoms. The van der Waals surface area contributed by atoms with Crippen LogP contribution in [0.15, 0.2) is 0 Å². The zero-order chi connectivity index (χ0) is 13.7. The summed E-state index contributed by atoms with van der Waals surface area (Å²) in [4.78, 5) is 13.9. The van der Waals surface area contributed by atoms with E-state index in [1.165, 1.54) is 26.4 Å². The van der Waals surface area contributed by atoms with Gasteiger partial charge in [-0.1, -0.05) is 6.42 Å². The topological polar surface area (TPSA) is 61.8 Å². The molecule has 1 aliphatic heterocycles. The molecule has 5 nitrogen and oxygen atoms in total. The van der Waals surface area contributed by atoms with Gasteiger partial charge in [0.15, 0.2) is 0 Å². The van der Waals surface area contributed by atoms with Crippen LogP contribution in [0, 0.1) is 5.92 Å². The van der Waals surface area contributed by atoms with Crippen molar-refractivity contribution in [3.8, 4) is 0 Å². The molecule has 0 bridgehead atoms. The number of carbonyl (C=O) groups excluding carboxylic acids is 1. The normalized spacial score (nSPS) is 28.7. The number of aliphatic hydroxyl groups excluding tert-OH is 1. The molecule has 1 aliphatic carbocycles. The summed E-state index contributed by atoms with van der Waals surface area (Å²) in [6, 6.07) is 0.893. The number of nitrogens with one attached hydrogen (secondary N) is 1. The molecule has 0 aromatic heterocycles. The van der Waals surface area contributed by atoms with Crippen LogP contribution in [0.2, 0.25) is 0 Å². The number of likely N-dealkylation sites (tertiary alicyclic amines) is 1. The highest BCUT2D eigenvalue weighted by Gasteiger charge is 2.34. The molecule has 0 aromatic carbocycles. The number of ether oxygens (including phenoxy) is 1. The average molecular weight is 270 g/mol. The maximum absolute atomic E-state index is 11.4. The Morgan fingerprint density at radius 3 is 2.79 bits per heavy atom. The second kappa shape index (κ2) is 7.10. The summed E-state index contributed by atoms with van der Waals surface area (Å²) in [5.41, 5.74) is 0. The van der Waals surface area contributed by atoms with Crippen molar-refractivity contribution in [3.63, 3.8) is 0 Å². The Balaban J connectivity index is 1.88. The maximum Gasteiger partial charge on any atom is 0.407 e. The van der Waals surface area contributed by atoms with Crippen LogP contribution in [-0.4, -0.2) is 55.0 Å². The third kappa shape index (κ3) is 4.08. The minimum absolute atomic E-state index is 0.186. The Labute approximate surface area is 115 Å². The number of amides is 1. The highest BCUT2D eigenvalue weighted by Crippen LogP contribution is 2.30. The Kier molecular flexibility index (Phi) is 5.45. The fourth-order valence-electron chi connectivity index (χ4n) is 3.21. The molecule has 2 rings (SSSR count). The molecule has 1 heterocycles. The fourth-order valence-corrected chi connectivity index (χ4v) is 3.21. The van der Waals surface area contributed by atoms with Gasteiger partial charge in [-0.15, -0.1) is 0 Å². The molecule has 110 valence electrons. The van der Waals surface area contributed by atoms with E-state index in [1.807, 2.05) is 0 Å². The van der Waals surface area contributed by atoms with Crippen molar-refractivity contribution >= 4 is 6.09 Å². The van der Waals surface area contributed by atoms with Crippen molar-refractivity contribution in [2.45, 2.75) is 50.6 Å². The van der Waals surface area contributed by atoms with E-state index < -0.39 is 0 Å². The molecule has 1 saturated heterocycles. The third-order valence-electron chi connectivity index (χ3n) is 4.43. The van der Waals surface area contributed by atoms with Crippen LogP contribution in [-0.2, 0) is 4.74 Å². The van der Waals surface area contributed by atoms with E-state index in [0.717, 1.165) is 32.4 Å². The molecule has 2 aliphatic rings. The van der Waals surface area contributed by atoms with Gasteiger partial charge >= 0.3 is 6.09 Å². The summed E-state index contributed by atoms with van der Waals surface area (Å²) in [6.07, 6.45) is 6.47. The van der Waals surface area contributed by atoms with Crippen LogP contribution >= 0.6 is 0 Å². The summed E-state index contributed by atoms with van der Waals surface area (Å²) in [5.74, 6) is 0.573. The molecule has 2 atom stereocenters. The van der Waals surface area contributed by atoms with Gasteiger partial charge in [-0.05, 0) is 38.0 Å². The van der Waals surface area contributed by atoms with Gasteiger partial charge in [-0.3, -0.25) is 4.90 Å². The molecule has 5 heteroatoms. The van der Waals surface area contributed by atoms with Crippen molar-refractivity contribution in [3.05, 3.63) is 0 Å². The van der Waals surface area contributed by atoms with Crippen molar-refractivity contribution < 1.29 is 14.6 Å². The number of nitrogens with zero attached hydrogens (tertiary/aromatic N) is 1. The standard InChI is InChI=1S/C14H26N2O3/c1-19-14(18)15-12-8-11(4-3-7-17)9-16(10-12)13-5-2-6-13/h11-13,17H,2-10H2,1H3,(H,15,18). The number of hydrogen-bond donors (Lipinski definition) is 2. The number of rotatable bonds is 5. The molecule has 2 unspecified atom stereocenters. The quantitative estimate of drug-likeness (QED) is 0.792. The number of aliphatic hydroxyl groups is 1. The van der Waals surface area contributed by atoms with Crippen LogP contribution in [0.5, 0.6) is 0 Å². The van der Waals surface area contributed by atoms with Crippen LogP contribution in [0.3, 0.4) is 0 Å². The van der Waals surface area contributed by atoms with Gasteiger partial charge in [0.05, 0.1) is 7.11 Å². The van der Waals surface area contributed by atoms with E-state index in [1.54, 1.807) is 0 Å². The molecule has 1 saturated carbocycles. The Morgan fingerprint density at radius 2 is 2.21 bits per heavy atom. The Morgan fingerprint density at radius 1 is 1.42 bits per heavy atom. The van der Waals surface area contributed by atoms with E-state index >= 15 is 0 Å². The van der Waals surface area contributed by atoms with Gasteiger partial charge in [0.25, 0.3) is 0 Å². The largest absolute Gasteiger partial charge is 0.453 e. The van der Waals surface area contributed by atoms with Crippen LogP contribution in [0.25, 0.3) is 0 Å². The molecule has 2 N–H and O–H groups in total. The van der Waals surface area contributed by atoms with E-state index in [-0.39, 0.29) is 18.7 Å². The molecule has 1 amide bonds. The van der Waals surface area contributed by atoms with Gasteiger partial charge in [-0.25, -0.2) is 4.79 Å². The zero-order valence-electron chi connectivity index (χ0n) is 11.8. The van der Waals surface area contributed by atoms with Crippen LogP contribution in [0.4, 0.5) is 4.79 Å². The molecular formula is C14H26N2O3. The number of hydrogen-bond acceptors (Lipinski definition) is 4. The lowest BCUT2D eigenvalue weighted by molar-refractivity contribution is 0.0530. The minimum atomic E-state index is -0.332. The van der Waals surface area contributed by atoms with Crippen molar-refractivity contribution in [2.24, 2.45) is 5.92 Å². The molecule has 19 heavy (non-hydrogen) atoms. The molecule has 2 fully saturated rings. The first-order valence-electron chi connectivity index (χ1n) is 7.42. The van der Waals surface area contributed by atoms with E-state index in [2.05, 4.69) is 10.2 Å². The van der Waals surface area contributed by atoms with Crippen molar-refractivity contribution in [2.75, 3.05) is 26.8 Å². The first-order valence-corrected chi connectivity index (χ1v) is 7.42. The smallest absolute Gasteiger partial charge is 0.407 e. The molecule has 0 aromatic rings. The van der Waals surface area contributed by atoms with E-state index in [9.17, 15) is 4.79 Å². The molecular weight excluding hydrogens is 244 g/mol. The van der Waals surface area contributed by atoms with Gasteiger partial charge in [0.1, 0.15) is 0 Å². The third-order valence-corrected chi connectivity index (χ3v) is 4.43.